The summed E-state index contributed by atoms with van der Waals surface area (Å²) in [6.07, 6.45) is 0. The molecular formula is C45H27N3O2. The van der Waals surface area contributed by atoms with Gasteiger partial charge in [-0.05, 0) is 64.7 Å². The molecule has 5 heteroatoms. The van der Waals surface area contributed by atoms with Crippen LogP contribution in [-0.4, -0.2) is 15.0 Å². The maximum Gasteiger partial charge on any atom is 0.164 e. The summed E-state index contributed by atoms with van der Waals surface area (Å²) >= 11 is 0. The molecule has 0 amide bonds. The Balaban J connectivity index is 1.15. The van der Waals surface area contributed by atoms with Crippen molar-refractivity contribution >= 4 is 43.9 Å². The van der Waals surface area contributed by atoms with E-state index in [0.717, 1.165) is 82.8 Å². The summed E-state index contributed by atoms with van der Waals surface area (Å²) in [5, 5.41) is 4.23. The third-order valence-electron chi connectivity index (χ3n) is 9.34. The van der Waals surface area contributed by atoms with Crippen LogP contribution in [0.3, 0.4) is 0 Å². The monoisotopic (exact) mass is 641 g/mol. The zero-order chi connectivity index (χ0) is 33.0. The second-order valence-electron chi connectivity index (χ2n) is 12.4. The Labute approximate surface area is 287 Å². The van der Waals surface area contributed by atoms with Crippen molar-refractivity contribution < 1.29 is 8.83 Å². The fourth-order valence-electron chi connectivity index (χ4n) is 6.93. The summed E-state index contributed by atoms with van der Waals surface area (Å²) < 4.78 is 12.5. The Kier molecular flexibility index (Phi) is 6.42. The van der Waals surface area contributed by atoms with Crippen LogP contribution in [0.4, 0.5) is 0 Å². The molecule has 0 bridgehead atoms. The molecule has 5 nitrogen and oxygen atoms in total. The van der Waals surface area contributed by atoms with Crippen LogP contribution in [0.25, 0.3) is 100 Å². The van der Waals surface area contributed by atoms with Gasteiger partial charge in [-0.15, -0.1) is 0 Å². The van der Waals surface area contributed by atoms with Gasteiger partial charge in [0.05, 0.1) is 0 Å². The van der Waals surface area contributed by atoms with E-state index in [2.05, 4.69) is 109 Å². The minimum absolute atomic E-state index is 0.585. The lowest BCUT2D eigenvalue weighted by Gasteiger charge is -2.11. The Hall–Kier alpha value is -6.85. The lowest BCUT2D eigenvalue weighted by molar-refractivity contribution is 0.668. The summed E-state index contributed by atoms with van der Waals surface area (Å²) in [5.74, 6) is 1.77. The number of aromatic nitrogens is 3. The van der Waals surface area contributed by atoms with Crippen molar-refractivity contribution in [2.75, 3.05) is 0 Å². The largest absolute Gasteiger partial charge is 0.456 e. The number of benzene rings is 7. The van der Waals surface area contributed by atoms with Crippen LogP contribution in [0, 0.1) is 0 Å². The summed E-state index contributed by atoms with van der Waals surface area (Å²) in [6.45, 7) is 0. The second kappa shape index (κ2) is 11.4. The highest BCUT2D eigenvalue weighted by molar-refractivity contribution is 6.12. The van der Waals surface area contributed by atoms with E-state index < -0.39 is 0 Å². The first kappa shape index (κ1) is 28.2. The molecule has 10 aromatic rings. The number of furan rings is 2. The van der Waals surface area contributed by atoms with Gasteiger partial charge in [-0.1, -0.05) is 121 Å². The van der Waals surface area contributed by atoms with Gasteiger partial charge < -0.3 is 8.83 Å². The molecule has 0 atom stereocenters. The van der Waals surface area contributed by atoms with Crippen LogP contribution >= 0.6 is 0 Å². The van der Waals surface area contributed by atoms with Crippen LogP contribution < -0.4 is 0 Å². The van der Waals surface area contributed by atoms with Crippen LogP contribution in [-0.2, 0) is 0 Å². The smallest absolute Gasteiger partial charge is 0.164 e. The molecule has 0 aliphatic rings. The van der Waals surface area contributed by atoms with Crippen molar-refractivity contribution in [1.29, 1.82) is 0 Å². The highest BCUT2D eigenvalue weighted by atomic mass is 16.3. The summed E-state index contributed by atoms with van der Waals surface area (Å²) in [5.41, 5.74) is 10.4. The maximum atomic E-state index is 6.24. The van der Waals surface area contributed by atoms with Crippen molar-refractivity contribution in [2.24, 2.45) is 0 Å². The van der Waals surface area contributed by atoms with Gasteiger partial charge in [0.15, 0.2) is 17.5 Å². The number of fused-ring (bicyclic) bond motifs is 6. The minimum atomic E-state index is 0.585. The number of hydrogen-bond donors (Lipinski definition) is 0. The van der Waals surface area contributed by atoms with E-state index in [1.165, 1.54) is 0 Å². The molecule has 0 unspecified atom stereocenters. The van der Waals surface area contributed by atoms with E-state index in [9.17, 15) is 0 Å². The number of rotatable bonds is 5. The Morgan fingerprint density at radius 1 is 0.300 bits per heavy atom. The third kappa shape index (κ3) is 4.75. The quantitative estimate of drug-likeness (QED) is 0.187. The van der Waals surface area contributed by atoms with Crippen LogP contribution in [0.1, 0.15) is 0 Å². The van der Waals surface area contributed by atoms with Gasteiger partial charge in [0.25, 0.3) is 0 Å². The van der Waals surface area contributed by atoms with Gasteiger partial charge in [0.1, 0.15) is 22.3 Å². The third-order valence-corrected chi connectivity index (χ3v) is 9.34. The average molecular weight is 642 g/mol. The molecule has 10 rings (SSSR count). The van der Waals surface area contributed by atoms with E-state index >= 15 is 0 Å². The standard InChI is InChI=1S/C45H27N3O2/c1-2-11-28(12-3-1)29-13-8-15-32(25-29)43-46-44(48-45(47-43)37-19-10-22-40-42(37)36-18-5-7-21-39(36)49-40)33-16-9-14-30(26-33)31-23-24-35-34-17-4-6-20-38(34)50-41(35)27-31/h1-27H. The summed E-state index contributed by atoms with van der Waals surface area (Å²) in [4.78, 5) is 15.4. The first-order chi connectivity index (χ1) is 24.7. The highest BCUT2D eigenvalue weighted by Gasteiger charge is 2.18. The molecule has 3 heterocycles. The normalized spacial score (nSPS) is 11.6. The molecule has 234 valence electrons. The van der Waals surface area contributed by atoms with Crippen molar-refractivity contribution in [1.82, 2.24) is 15.0 Å². The second-order valence-corrected chi connectivity index (χ2v) is 12.4. The molecule has 0 saturated carbocycles. The fourth-order valence-corrected chi connectivity index (χ4v) is 6.93. The van der Waals surface area contributed by atoms with Gasteiger partial charge >= 0.3 is 0 Å². The first-order valence-corrected chi connectivity index (χ1v) is 16.6. The zero-order valence-corrected chi connectivity index (χ0v) is 26.7. The van der Waals surface area contributed by atoms with Crippen LogP contribution in [0.5, 0.6) is 0 Å². The molecule has 0 radical (unpaired) electrons. The van der Waals surface area contributed by atoms with Gasteiger partial charge in [0.2, 0.25) is 0 Å². The Bertz CT molecular complexity index is 2890. The minimum Gasteiger partial charge on any atom is -0.456 e. The molecular weight excluding hydrogens is 615 g/mol. The van der Waals surface area contributed by atoms with E-state index in [1.54, 1.807) is 0 Å². The molecule has 0 aliphatic heterocycles. The van der Waals surface area contributed by atoms with Crippen molar-refractivity contribution in [3.63, 3.8) is 0 Å². The molecule has 3 aromatic heterocycles. The topological polar surface area (TPSA) is 65.0 Å². The Morgan fingerprint density at radius 2 is 0.800 bits per heavy atom. The van der Waals surface area contributed by atoms with Crippen LogP contribution in [0.2, 0.25) is 0 Å². The van der Waals surface area contributed by atoms with Gasteiger partial charge in [-0.25, -0.2) is 15.0 Å². The Morgan fingerprint density at radius 3 is 1.56 bits per heavy atom. The van der Waals surface area contributed by atoms with Crippen molar-refractivity contribution in [3.8, 4) is 56.4 Å². The maximum absolute atomic E-state index is 6.24. The predicted molar refractivity (Wildman–Crippen MR) is 202 cm³/mol. The van der Waals surface area contributed by atoms with Crippen LogP contribution in [0.15, 0.2) is 173 Å². The zero-order valence-electron chi connectivity index (χ0n) is 26.7. The highest BCUT2D eigenvalue weighted by Crippen LogP contribution is 2.38. The van der Waals surface area contributed by atoms with Gasteiger partial charge in [-0.3, -0.25) is 0 Å². The summed E-state index contributed by atoms with van der Waals surface area (Å²) in [6, 6.07) is 55.8. The molecule has 0 aliphatic carbocycles. The van der Waals surface area contributed by atoms with E-state index in [1.807, 2.05) is 54.6 Å². The molecule has 0 saturated heterocycles. The first-order valence-electron chi connectivity index (χ1n) is 16.6. The van der Waals surface area contributed by atoms with Crippen molar-refractivity contribution in [2.45, 2.75) is 0 Å². The lowest BCUT2D eigenvalue weighted by Crippen LogP contribution is -2.00. The SMILES string of the molecule is c1ccc(-c2cccc(-c3nc(-c4cccc(-c5ccc6c(c5)oc5ccccc56)c4)nc(-c4cccc5oc6ccccc6c45)n3)c2)cc1. The number of hydrogen-bond acceptors (Lipinski definition) is 5. The van der Waals surface area contributed by atoms with Gasteiger partial charge in [0, 0.05) is 38.2 Å². The van der Waals surface area contributed by atoms with E-state index in [0.29, 0.717) is 17.5 Å². The molecule has 7 aromatic carbocycles. The lowest BCUT2D eigenvalue weighted by atomic mass is 10.0. The predicted octanol–water partition coefficient (Wildman–Crippen LogP) is 12.0. The number of para-hydroxylation sites is 2. The van der Waals surface area contributed by atoms with Gasteiger partial charge in [-0.2, -0.15) is 0 Å². The van der Waals surface area contributed by atoms with E-state index in [4.69, 9.17) is 23.8 Å². The summed E-state index contributed by atoms with van der Waals surface area (Å²) in [7, 11) is 0. The fraction of sp³-hybridized carbons (Fsp3) is 0. The molecule has 0 spiro atoms. The molecule has 50 heavy (non-hydrogen) atoms. The average Bonchev–Trinajstić information content (AvgIpc) is 3.76. The molecule has 0 N–H and O–H groups in total. The van der Waals surface area contributed by atoms with E-state index in [-0.39, 0.29) is 0 Å². The molecule has 0 fully saturated rings. The number of nitrogens with zero attached hydrogens (tertiary/aromatic N) is 3. The van der Waals surface area contributed by atoms with Crippen molar-refractivity contribution in [3.05, 3.63) is 164 Å².